The predicted molar refractivity (Wildman–Crippen MR) is 61.9 cm³/mol. The molecule has 1 aromatic rings. The molecule has 0 saturated carbocycles. The fourth-order valence-electron chi connectivity index (χ4n) is 1.84. The summed E-state index contributed by atoms with van der Waals surface area (Å²) in [5, 5.41) is 3.25. The third kappa shape index (κ3) is 2.63. The number of Topliss-reactive ketones (excluding diaryl/α,β-unsaturated/α-hetero) is 1. The van der Waals surface area contributed by atoms with Gasteiger partial charge >= 0.3 is 0 Å². The Morgan fingerprint density at radius 2 is 2.13 bits per heavy atom. The summed E-state index contributed by atoms with van der Waals surface area (Å²) in [6.45, 7) is 1.87. The van der Waals surface area contributed by atoms with Crippen LogP contribution in [0.15, 0.2) is 22.8 Å². The molecular formula is C11H13BrN2O. The molecule has 0 bridgehead atoms. The van der Waals surface area contributed by atoms with Crippen molar-refractivity contribution >= 4 is 21.7 Å². The number of carbonyl (C=O) groups is 1. The lowest BCUT2D eigenvalue weighted by Gasteiger charge is -2.20. The van der Waals surface area contributed by atoms with Crippen LogP contribution in [-0.2, 0) is 0 Å². The lowest BCUT2D eigenvalue weighted by atomic mass is 9.92. The van der Waals surface area contributed by atoms with Gasteiger partial charge in [-0.05, 0) is 54.0 Å². The van der Waals surface area contributed by atoms with Gasteiger partial charge in [-0.3, -0.25) is 4.79 Å². The predicted octanol–water partition coefficient (Wildman–Crippen LogP) is 2.03. The minimum absolute atomic E-state index is 0.146. The smallest absolute Gasteiger partial charge is 0.184 e. The van der Waals surface area contributed by atoms with Gasteiger partial charge < -0.3 is 5.32 Å². The zero-order chi connectivity index (χ0) is 10.7. The van der Waals surface area contributed by atoms with Crippen molar-refractivity contribution in [2.24, 2.45) is 5.92 Å². The fraction of sp³-hybridized carbons (Fsp3) is 0.455. The van der Waals surface area contributed by atoms with Crippen LogP contribution in [0, 0.1) is 5.92 Å². The molecule has 2 rings (SSSR count). The molecule has 1 fully saturated rings. The van der Waals surface area contributed by atoms with Crippen LogP contribution in [0.2, 0.25) is 0 Å². The van der Waals surface area contributed by atoms with Gasteiger partial charge in [0.15, 0.2) is 5.78 Å². The zero-order valence-electron chi connectivity index (χ0n) is 8.37. The average molecular weight is 269 g/mol. The van der Waals surface area contributed by atoms with Gasteiger partial charge in [0, 0.05) is 5.92 Å². The molecule has 80 valence electrons. The highest BCUT2D eigenvalue weighted by Crippen LogP contribution is 2.18. The van der Waals surface area contributed by atoms with Crippen molar-refractivity contribution in [2.75, 3.05) is 13.1 Å². The van der Waals surface area contributed by atoms with Crippen LogP contribution in [0.1, 0.15) is 23.3 Å². The number of nitrogens with one attached hydrogen (secondary N) is 1. The summed E-state index contributed by atoms with van der Waals surface area (Å²) < 4.78 is 0.724. The third-order valence-electron chi connectivity index (χ3n) is 2.68. The molecule has 0 amide bonds. The lowest BCUT2D eigenvalue weighted by Crippen LogP contribution is -2.32. The number of pyridine rings is 1. The van der Waals surface area contributed by atoms with Crippen LogP contribution in [0.5, 0.6) is 0 Å². The van der Waals surface area contributed by atoms with Gasteiger partial charge in [-0.25, -0.2) is 4.98 Å². The van der Waals surface area contributed by atoms with Gasteiger partial charge in [0.05, 0.1) is 0 Å². The SMILES string of the molecule is O=C(c1cccc(Br)n1)C1CCNCC1. The first-order valence-electron chi connectivity index (χ1n) is 5.15. The Morgan fingerprint density at radius 1 is 1.40 bits per heavy atom. The van der Waals surface area contributed by atoms with Crippen molar-refractivity contribution in [2.45, 2.75) is 12.8 Å². The van der Waals surface area contributed by atoms with Gasteiger partial charge in [0.25, 0.3) is 0 Å². The first-order valence-corrected chi connectivity index (χ1v) is 5.94. The van der Waals surface area contributed by atoms with E-state index in [-0.39, 0.29) is 11.7 Å². The van der Waals surface area contributed by atoms with E-state index in [2.05, 4.69) is 26.2 Å². The molecule has 0 spiro atoms. The van der Waals surface area contributed by atoms with E-state index >= 15 is 0 Å². The molecule has 1 N–H and O–H groups in total. The summed E-state index contributed by atoms with van der Waals surface area (Å²) >= 11 is 3.28. The number of piperidine rings is 1. The number of nitrogens with zero attached hydrogens (tertiary/aromatic N) is 1. The van der Waals surface area contributed by atoms with Crippen LogP contribution >= 0.6 is 15.9 Å². The highest BCUT2D eigenvalue weighted by Gasteiger charge is 2.22. The van der Waals surface area contributed by atoms with Crippen molar-refractivity contribution in [3.63, 3.8) is 0 Å². The molecule has 4 heteroatoms. The van der Waals surface area contributed by atoms with E-state index < -0.39 is 0 Å². The highest BCUT2D eigenvalue weighted by atomic mass is 79.9. The summed E-state index contributed by atoms with van der Waals surface area (Å²) in [6, 6.07) is 5.47. The lowest BCUT2D eigenvalue weighted by molar-refractivity contribution is 0.0889. The van der Waals surface area contributed by atoms with E-state index in [4.69, 9.17) is 0 Å². The van der Waals surface area contributed by atoms with E-state index in [9.17, 15) is 4.79 Å². The third-order valence-corrected chi connectivity index (χ3v) is 3.12. The number of rotatable bonds is 2. The van der Waals surface area contributed by atoms with E-state index in [1.165, 1.54) is 0 Å². The van der Waals surface area contributed by atoms with Crippen molar-refractivity contribution in [1.29, 1.82) is 0 Å². The minimum Gasteiger partial charge on any atom is -0.317 e. The molecule has 1 aliphatic heterocycles. The van der Waals surface area contributed by atoms with E-state index in [0.717, 1.165) is 30.5 Å². The molecule has 0 atom stereocenters. The molecule has 3 nitrogen and oxygen atoms in total. The maximum atomic E-state index is 12.0. The molecule has 0 aromatic carbocycles. The molecular weight excluding hydrogens is 256 g/mol. The summed E-state index contributed by atoms with van der Waals surface area (Å²) in [5.41, 5.74) is 0.580. The number of aromatic nitrogens is 1. The van der Waals surface area contributed by atoms with Crippen LogP contribution in [0.3, 0.4) is 0 Å². The van der Waals surface area contributed by atoms with Gasteiger partial charge in [-0.15, -0.1) is 0 Å². The molecule has 2 heterocycles. The van der Waals surface area contributed by atoms with E-state index in [1.807, 2.05) is 12.1 Å². The second-order valence-corrected chi connectivity index (χ2v) is 4.55. The average Bonchev–Trinajstić information content (AvgIpc) is 2.29. The fourth-order valence-corrected chi connectivity index (χ4v) is 2.18. The van der Waals surface area contributed by atoms with E-state index in [1.54, 1.807) is 6.07 Å². The van der Waals surface area contributed by atoms with Crippen molar-refractivity contribution < 1.29 is 4.79 Å². The molecule has 1 aromatic heterocycles. The molecule has 15 heavy (non-hydrogen) atoms. The van der Waals surface area contributed by atoms with Crippen molar-refractivity contribution in [1.82, 2.24) is 10.3 Å². The highest BCUT2D eigenvalue weighted by molar-refractivity contribution is 9.10. The van der Waals surface area contributed by atoms with E-state index in [0.29, 0.717) is 5.69 Å². The monoisotopic (exact) mass is 268 g/mol. The number of hydrogen-bond donors (Lipinski definition) is 1. The second kappa shape index (κ2) is 4.86. The summed E-state index contributed by atoms with van der Waals surface area (Å²) in [5.74, 6) is 0.325. The Labute approximate surface area is 97.4 Å². The van der Waals surface area contributed by atoms with Crippen LogP contribution in [0.25, 0.3) is 0 Å². The number of ketones is 1. The number of halogens is 1. The first kappa shape index (κ1) is 10.8. The maximum Gasteiger partial charge on any atom is 0.184 e. The summed E-state index contributed by atoms with van der Waals surface area (Å²) in [7, 11) is 0. The van der Waals surface area contributed by atoms with Gasteiger partial charge in [0.1, 0.15) is 10.3 Å². The minimum atomic E-state index is 0.146. The summed E-state index contributed by atoms with van der Waals surface area (Å²) in [6.07, 6.45) is 1.85. The molecule has 0 unspecified atom stereocenters. The largest absolute Gasteiger partial charge is 0.317 e. The molecule has 1 aliphatic rings. The van der Waals surface area contributed by atoms with Crippen LogP contribution in [-0.4, -0.2) is 23.9 Å². The standard InChI is InChI=1S/C11H13BrN2O/c12-10-3-1-2-9(14-10)11(15)8-4-6-13-7-5-8/h1-3,8,13H,4-7H2. The quantitative estimate of drug-likeness (QED) is 0.659. The maximum absolute atomic E-state index is 12.0. The zero-order valence-corrected chi connectivity index (χ0v) is 9.96. The van der Waals surface area contributed by atoms with Gasteiger partial charge in [-0.1, -0.05) is 6.07 Å². The molecule has 1 saturated heterocycles. The Balaban J connectivity index is 2.12. The van der Waals surface area contributed by atoms with Crippen molar-refractivity contribution in [3.05, 3.63) is 28.5 Å². The molecule has 0 radical (unpaired) electrons. The van der Waals surface area contributed by atoms with Crippen LogP contribution < -0.4 is 5.32 Å². The van der Waals surface area contributed by atoms with Gasteiger partial charge in [0.2, 0.25) is 0 Å². The van der Waals surface area contributed by atoms with Gasteiger partial charge in [-0.2, -0.15) is 0 Å². The van der Waals surface area contributed by atoms with Crippen molar-refractivity contribution in [3.8, 4) is 0 Å². The normalized spacial score (nSPS) is 17.7. The Kier molecular flexibility index (Phi) is 3.49. The topological polar surface area (TPSA) is 42.0 Å². The van der Waals surface area contributed by atoms with Crippen LogP contribution in [0.4, 0.5) is 0 Å². The number of carbonyl (C=O) groups excluding carboxylic acids is 1. The number of hydrogen-bond acceptors (Lipinski definition) is 3. The summed E-state index contributed by atoms with van der Waals surface area (Å²) in [4.78, 5) is 16.2. The first-order chi connectivity index (χ1) is 7.27. The molecule has 0 aliphatic carbocycles. The Bertz CT molecular complexity index is 361. The Morgan fingerprint density at radius 3 is 2.80 bits per heavy atom. The Hall–Kier alpha value is -0.740. The second-order valence-electron chi connectivity index (χ2n) is 3.73.